The van der Waals surface area contributed by atoms with E-state index in [1.165, 1.54) is 59.1 Å². The second-order valence-electron chi connectivity index (χ2n) is 12.3. The second-order valence-corrected chi connectivity index (χ2v) is 14.5. The Labute approximate surface area is 266 Å². The molecule has 4 aromatic heterocycles. The van der Waals surface area contributed by atoms with Crippen LogP contribution < -0.4 is 21.5 Å². The quantitative estimate of drug-likeness (QED) is 0.241. The van der Waals surface area contributed by atoms with Crippen LogP contribution in [0.4, 0.5) is 16.3 Å². The van der Waals surface area contributed by atoms with Gasteiger partial charge in [0.1, 0.15) is 34.0 Å². The third kappa shape index (κ3) is 7.20. The fraction of sp³-hybridized carbons (Fsp3) is 0.467. The Morgan fingerprint density at radius 1 is 1.02 bits per heavy atom. The number of aryl methyl sites for hydroxylation is 1. The van der Waals surface area contributed by atoms with E-state index in [0.717, 1.165) is 26.4 Å². The average molecular weight is 651 g/mol. The maximum atomic E-state index is 13.4. The number of hydrogen-bond donors (Lipinski definition) is 3. The number of hydrogen-bond acceptors (Lipinski definition) is 11. The van der Waals surface area contributed by atoms with Crippen LogP contribution in [0.25, 0.3) is 10.1 Å². The van der Waals surface area contributed by atoms with Gasteiger partial charge in [0.15, 0.2) is 0 Å². The van der Waals surface area contributed by atoms with Crippen LogP contribution in [0, 0.1) is 5.92 Å². The Balaban J connectivity index is 1.08. The molecule has 0 aromatic carbocycles. The molecule has 3 N–H and O–H groups in total. The van der Waals surface area contributed by atoms with Crippen molar-refractivity contribution < 1.29 is 19.1 Å². The number of carbonyl (C=O) groups excluding carboxylic acids is 3. The van der Waals surface area contributed by atoms with E-state index >= 15 is 0 Å². The molecule has 3 amide bonds. The van der Waals surface area contributed by atoms with Crippen molar-refractivity contribution in [1.82, 2.24) is 30.0 Å². The number of rotatable bonds is 8. The minimum Gasteiger partial charge on any atom is -0.444 e. The standard InChI is InChI=1S/C30H34N8O5S2/c1-30(2,3)43-29(42)35-22-12-21-17(13-31-22)11-18(44-21)14-33-25(39)20-8-9-23-32-15-19(28(41)38(20)23)34-26(40)27-37-36-24(45-27)10-16-6-4-5-7-16/h11-13,15-16,20H,4-10,14H2,1-3H3,(H,33,39)(H,34,40)(H,31,35,42)/t20-/m0/s1. The smallest absolute Gasteiger partial charge is 0.413 e. The van der Waals surface area contributed by atoms with Gasteiger partial charge in [0.05, 0.1) is 12.7 Å². The van der Waals surface area contributed by atoms with Crippen molar-refractivity contribution in [1.29, 1.82) is 0 Å². The highest BCUT2D eigenvalue weighted by atomic mass is 32.1. The number of aromatic nitrogens is 5. The number of anilines is 2. The lowest BCUT2D eigenvalue weighted by molar-refractivity contribution is -0.124. The molecular formula is C30H34N8O5S2. The minimum atomic E-state index is -0.753. The van der Waals surface area contributed by atoms with Crippen molar-refractivity contribution in [2.24, 2.45) is 5.92 Å². The number of carbonyl (C=O) groups is 3. The highest BCUT2D eigenvalue weighted by Gasteiger charge is 2.31. The molecule has 1 atom stereocenters. The fourth-order valence-electron chi connectivity index (χ4n) is 5.65. The highest BCUT2D eigenvalue weighted by molar-refractivity contribution is 7.19. The van der Waals surface area contributed by atoms with Crippen LogP contribution in [0.3, 0.4) is 0 Å². The summed E-state index contributed by atoms with van der Waals surface area (Å²) < 4.78 is 7.53. The van der Waals surface area contributed by atoms with E-state index in [1.54, 1.807) is 33.0 Å². The largest absolute Gasteiger partial charge is 0.444 e. The molecule has 1 fully saturated rings. The first-order valence-corrected chi connectivity index (χ1v) is 16.6. The van der Waals surface area contributed by atoms with Crippen LogP contribution in [-0.2, 0) is 28.9 Å². The summed E-state index contributed by atoms with van der Waals surface area (Å²) in [6, 6.07) is 2.92. The molecule has 15 heteroatoms. The summed E-state index contributed by atoms with van der Waals surface area (Å²) in [5, 5.41) is 18.3. The Bertz CT molecular complexity index is 1820. The maximum Gasteiger partial charge on any atom is 0.413 e. The van der Waals surface area contributed by atoms with Crippen molar-refractivity contribution in [3.05, 3.63) is 55.6 Å². The highest BCUT2D eigenvalue weighted by Crippen LogP contribution is 2.30. The van der Waals surface area contributed by atoms with Crippen LogP contribution in [0.5, 0.6) is 0 Å². The Morgan fingerprint density at radius 2 is 1.82 bits per heavy atom. The van der Waals surface area contributed by atoms with E-state index in [2.05, 4.69) is 36.1 Å². The summed E-state index contributed by atoms with van der Waals surface area (Å²) in [4.78, 5) is 61.2. The Kier molecular flexibility index (Phi) is 8.64. The number of nitrogens with zero attached hydrogens (tertiary/aromatic N) is 5. The number of thiophene rings is 1. The lowest BCUT2D eigenvalue weighted by Gasteiger charge is -2.19. The van der Waals surface area contributed by atoms with Gasteiger partial charge in [-0.15, -0.1) is 21.5 Å². The van der Waals surface area contributed by atoms with Crippen LogP contribution in [0.15, 0.2) is 29.3 Å². The Hall–Kier alpha value is -4.24. The lowest BCUT2D eigenvalue weighted by atomic mass is 10.1. The molecule has 1 aliphatic heterocycles. The zero-order valence-electron chi connectivity index (χ0n) is 25.2. The van der Waals surface area contributed by atoms with Crippen LogP contribution in [0.2, 0.25) is 0 Å². The molecule has 1 saturated carbocycles. The molecule has 0 radical (unpaired) electrons. The molecule has 2 aliphatic rings. The molecule has 45 heavy (non-hydrogen) atoms. The SMILES string of the molecule is CC(C)(C)OC(=O)Nc1cc2sc(CNC(=O)[C@@H]3CCc4ncc(NC(=O)c5nnc(CC6CCCC6)s5)c(=O)n43)cc2cn1. The van der Waals surface area contributed by atoms with Crippen LogP contribution >= 0.6 is 22.7 Å². The molecule has 0 saturated heterocycles. The van der Waals surface area contributed by atoms with Gasteiger partial charge in [-0.2, -0.15) is 0 Å². The van der Waals surface area contributed by atoms with Crippen molar-refractivity contribution >= 4 is 62.2 Å². The number of fused-ring (bicyclic) bond motifs is 2. The normalized spacial score (nSPS) is 16.5. The summed E-state index contributed by atoms with van der Waals surface area (Å²) in [7, 11) is 0. The lowest BCUT2D eigenvalue weighted by Crippen LogP contribution is -2.36. The molecular weight excluding hydrogens is 617 g/mol. The van der Waals surface area contributed by atoms with Gasteiger partial charge in [-0.3, -0.25) is 24.3 Å². The predicted octanol–water partition coefficient (Wildman–Crippen LogP) is 4.84. The minimum absolute atomic E-state index is 0.0104. The monoisotopic (exact) mass is 650 g/mol. The van der Waals surface area contributed by atoms with Gasteiger partial charge in [-0.05, 0) is 45.2 Å². The number of amides is 3. The van der Waals surface area contributed by atoms with Gasteiger partial charge in [0.25, 0.3) is 11.5 Å². The first-order chi connectivity index (χ1) is 21.5. The van der Waals surface area contributed by atoms with Crippen molar-refractivity contribution in [2.75, 3.05) is 10.6 Å². The summed E-state index contributed by atoms with van der Waals surface area (Å²) in [5.41, 5.74) is -1.13. The zero-order valence-corrected chi connectivity index (χ0v) is 26.8. The molecule has 0 spiro atoms. The zero-order chi connectivity index (χ0) is 31.7. The molecule has 0 unspecified atom stereocenters. The van der Waals surface area contributed by atoms with Gasteiger partial charge >= 0.3 is 6.09 Å². The number of nitrogens with one attached hydrogen (secondary N) is 3. The second kappa shape index (κ2) is 12.6. The van der Waals surface area contributed by atoms with Gasteiger partial charge in [0, 0.05) is 34.0 Å². The van der Waals surface area contributed by atoms with Gasteiger partial charge in [0.2, 0.25) is 10.9 Å². The average Bonchev–Trinajstić information content (AvgIpc) is 3.79. The van der Waals surface area contributed by atoms with Gasteiger partial charge in [-0.25, -0.2) is 14.8 Å². The number of ether oxygens (including phenoxy) is 1. The van der Waals surface area contributed by atoms with Gasteiger partial charge < -0.3 is 15.4 Å². The summed E-state index contributed by atoms with van der Waals surface area (Å²) in [6.07, 6.45) is 8.89. The van der Waals surface area contributed by atoms with E-state index < -0.39 is 29.2 Å². The van der Waals surface area contributed by atoms with E-state index in [1.807, 2.05) is 6.07 Å². The van der Waals surface area contributed by atoms with Gasteiger partial charge in [-0.1, -0.05) is 37.0 Å². The topological polar surface area (TPSA) is 170 Å². The van der Waals surface area contributed by atoms with E-state index in [-0.39, 0.29) is 23.1 Å². The van der Waals surface area contributed by atoms with Crippen molar-refractivity contribution in [3.8, 4) is 0 Å². The van der Waals surface area contributed by atoms with Crippen molar-refractivity contribution in [2.45, 2.75) is 83.9 Å². The maximum absolute atomic E-state index is 13.4. The first kappa shape index (κ1) is 30.8. The third-order valence-corrected chi connectivity index (χ3v) is 9.73. The number of pyridine rings is 1. The van der Waals surface area contributed by atoms with Crippen LogP contribution in [0.1, 0.15) is 84.4 Å². The summed E-state index contributed by atoms with van der Waals surface area (Å²) in [5.74, 6) is 0.601. The third-order valence-electron chi connectivity index (χ3n) is 7.69. The summed E-state index contributed by atoms with van der Waals surface area (Å²) >= 11 is 2.70. The molecule has 6 rings (SSSR count). The molecule has 5 heterocycles. The van der Waals surface area contributed by atoms with E-state index in [0.29, 0.717) is 30.4 Å². The molecule has 0 bridgehead atoms. The van der Waals surface area contributed by atoms with E-state index in [9.17, 15) is 19.2 Å². The Morgan fingerprint density at radius 3 is 2.60 bits per heavy atom. The molecule has 236 valence electrons. The fourth-order valence-corrected chi connectivity index (χ4v) is 7.51. The predicted molar refractivity (Wildman–Crippen MR) is 171 cm³/mol. The molecule has 4 aromatic rings. The summed E-state index contributed by atoms with van der Waals surface area (Å²) in [6.45, 7) is 5.60. The van der Waals surface area contributed by atoms with E-state index in [4.69, 9.17) is 4.74 Å². The van der Waals surface area contributed by atoms with Crippen molar-refractivity contribution in [3.63, 3.8) is 0 Å². The molecule has 13 nitrogen and oxygen atoms in total. The van der Waals surface area contributed by atoms with Crippen LogP contribution in [-0.4, -0.2) is 48.2 Å². The first-order valence-electron chi connectivity index (χ1n) is 14.9. The molecule has 1 aliphatic carbocycles.